The van der Waals surface area contributed by atoms with Gasteiger partial charge in [0.15, 0.2) is 6.17 Å². The van der Waals surface area contributed by atoms with Crippen molar-refractivity contribution >= 4 is 23.8 Å². The standard InChI is InChI=1S/C13H13N3O5/c17-9(6-8-4-2-1-3-5-8)14-11-12(20)16(7-10(18)19)13(21)15-11/h1-5,11H,6-7H2,(H,14,17)(H,15,21)(H,18,19). The van der Waals surface area contributed by atoms with Crippen molar-refractivity contribution in [3.63, 3.8) is 0 Å². The molecule has 0 bridgehead atoms. The van der Waals surface area contributed by atoms with E-state index in [-0.39, 0.29) is 6.42 Å². The van der Waals surface area contributed by atoms with E-state index in [1.807, 2.05) is 6.07 Å². The van der Waals surface area contributed by atoms with E-state index in [2.05, 4.69) is 10.6 Å². The highest BCUT2D eigenvalue weighted by atomic mass is 16.4. The molecular formula is C13H13N3O5. The number of amides is 4. The van der Waals surface area contributed by atoms with Gasteiger partial charge in [-0.1, -0.05) is 30.3 Å². The number of imide groups is 1. The van der Waals surface area contributed by atoms with Gasteiger partial charge in [-0.15, -0.1) is 0 Å². The van der Waals surface area contributed by atoms with E-state index in [9.17, 15) is 19.2 Å². The van der Waals surface area contributed by atoms with E-state index < -0.39 is 36.5 Å². The lowest BCUT2D eigenvalue weighted by atomic mass is 10.1. The minimum absolute atomic E-state index is 0.0550. The second kappa shape index (κ2) is 6.04. The van der Waals surface area contributed by atoms with E-state index >= 15 is 0 Å². The Hall–Kier alpha value is -2.90. The van der Waals surface area contributed by atoms with Crippen LogP contribution in [0.5, 0.6) is 0 Å². The van der Waals surface area contributed by atoms with Gasteiger partial charge in [-0.3, -0.25) is 14.4 Å². The largest absolute Gasteiger partial charge is 0.480 e. The molecule has 1 saturated heterocycles. The van der Waals surface area contributed by atoms with E-state index in [4.69, 9.17) is 5.11 Å². The third-order valence-electron chi connectivity index (χ3n) is 2.83. The first-order chi connectivity index (χ1) is 9.97. The Balaban J connectivity index is 1.94. The summed E-state index contributed by atoms with van der Waals surface area (Å²) in [5.41, 5.74) is 0.758. The molecule has 0 spiro atoms. The third-order valence-corrected chi connectivity index (χ3v) is 2.83. The lowest BCUT2D eigenvalue weighted by Gasteiger charge is -2.11. The Morgan fingerprint density at radius 3 is 2.52 bits per heavy atom. The van der Waals surface area contributed by atoms with Crippen LogP contribution in [0.1, 0.15) is 5.56 Å². The summed E-state index contributed by atoms with van der Waals surface area (Å²) in [6.45, 7) is -0.740. The van der Waals surface area contributed by atoms with Crippen LogP contribution in [0, 0.1) is 0 Å². The first kappa shape index (κ1) is 14.5. The minimum Gasteiger partial charge on any atom is -0.480 e. The highest BCUT2D eigenvalue weighted by Crippen LogP contribution is 2.05. The highest BCUT2D eigenvalue weighted by Gasteiger charge is 2.39. The van der Waals surface area contributed by atoms with E-state index in [0.717, 1.165) is 5.56 Å². The summed E-state index contributed by atoms with van der Waals surface area (Å²) in [7, 11) is 0. The fraction of sp³-hybridized carbons (Fsp3) is 0.231. The molecule has 0 radical (unpaired) electrons. The third kappa shape index (κ3) is 3.56. The van der Waals surface area contributed by atoms with Gasteiger partial charge >= 0.3 is 12.0 Å². The van der Waals surface area contributed by atoms with Gasteiger partial charge in [0.2, 0.25) is 5.91 Å². The molecule has 1 atom stereocenters. The Morgan fingerprint density at radius 1 is 1.24 bits per heavy atom. The van der Waals surface area contributed by atoms with Crippen LogP contribution in [0.2, 0.25) is 0 Å². The van der Waals surface area contributed by atoms with Crippen molar-refractivity contribution in [3.05, 3.63) is 35.9 Å². The van der Waals surface area contributed by atoms with Crippen LogP contribution < -0.4 is 10.6 Å². The van der Waals surface area contributed by atoms with Crippen LogP contribution in [0.15, 0.2) is 30.3 Å². The molecule has 1 fully saturated rings. The van der Waals surface area contributed by atoms with Crippen molar-refractivity contribution in [1.29, 1.82) is 0 Å². The van der Waals surface area contributed by atoms with E-state index in [0.29, 0.717) is 4.90 Å². The number of carboxylic acid groups (broad SMARTS) is 1. The molecule has 1 aromatic carbocycles. The summed E-state index contributed by atoms with van der Waals surface area (Å²) < 4.78 is 0. The SMILES string of the molecule is O=C(O)CN1C(=O)NC(NC(=O)Cc2ccccc2)C1=O. The number of benzene rings is 1. The Labute approximate surface area is 119 Å². The fourth-order valence-electron chi connectivity index (χ4n) is 1.90. The average molecular weight is 291 g/mol. The van der Waals surface area contributed by atoms with Gasteiger partial charge in [0, 0.05) is 0 Å². The van der Waals surface area contributed by atoms with Crippen LogP contribution >= 0.6 is 0 Å². The number of hydrogen-bond donors (Lipinski definition) is 3. The van der Waals surface area contributed by atoms with E-state index in [1.54, 1.807) is 24.3 Å². The Bertz CT molecular complexity index is 587. The summed E-state index contributed by atoms with van der Waals surface area (Å²) in [4.78, 5) is 46.1. The zero-order valence-corrected chi connectivity index (χ0v) is 10.9. The molecule has 1 aliphatic heterocycles. The van der Waals surface area contributed by atoms with Crippen molar-refractivity contribution in [1.82, 2.24) is 15.5 Å². The van der Waals surface area contributed by atoms with Crippen molar-refractivity contribution in [2.24, 2.45) is 0 Å². The number of nitrogens with zero attached hydrogens (tertiary/aromatic N) is 1. The molecule has 0 aromatic heterocycles. The number of carbonyl (C=O) groups excluding carboxylic acids is 3. The monoisotopic (exact) mass is 291 g/mol. The molecule has 3 N–H and O–H groups in total. The maximum atomic E-state index is 11.8. The molecule has 8 heteroatoms. The zero-order valence-electron chi connectivity index (χ0n) is 10.9. The molecule has 0 aliphatic carbocycles. The topological polar surface area (TPSA) is 116 Å². The van der Waals surface area contributed by atoms with E-state index in [1.165, 1.54) is 0 Å². The molecule has 21 heavy (non-hydrogen) atoms. The van der Waals surface area contributed by atoms with Gasteiger partial charge in [-0.05, 0) is 5.56 Å². The van der Waals surface area contributed by atoms with Gasteiger partial charge in [0.1, 0.15) is 6.54 Å². The summed E-state index contributed by atoms with van der Waals surface area (Å²) >= 11 is 0. The smallest absolute Gasteiger partial charge is 0.326 e. The first-order valence-corrected chi connectivity index (χ1v) is 6.14. The van der Waals surface area contributed by atoms with Crippen LogP contribution in [-0.2, 0) is 20.8 Å². The minimum atomic E-state index is -1.31. The Kier molecular flexibility index (Phi) is 4.17. The van der Waals surface area contributed by atoms with Gasteiger partial charge in [0.25, 0.3) is 5.91 Å². The second-order valence-electron chi connectivity index (χ2n) is 4.43. The number of carbonyl (C=O) groups is 4. The second-order valence-corrected chi connectivity index (χ2v) is 4.43. The van der Waals surface area contributed by atoms with Crippen molar-refractivity contribution in [2.45, 2.75) is 12.6 Å². The summed E-state index contributed by atoms with van der Waals surface area (Å²) in [6.07, 6.45) is -1.17. The van der Waals surface area contributed by atoms with Gasteiger partial charge in [0.05, 0.1) is 6.42 Å². The van der Waals surface area contributed by atoms with Gasteiger partial charge in [-0.2, -0.15) is 0 Å². The number of nitrogens with one attached hydrogen (secondary N) is 2. The van der Waals surface area contributed by atoms with Crippen molar-refractivity contribution < 1.29 is 24.3 Å². The van der Waals surface area contributed by atoms with Crippen molar-refractivity contribution in [2.75, 3.05) is 6.54 Å². The maximum absolute atomic E-state index is 11.8. The maximum Gasteiger partial charge on any atom is 0.326 e. The molecular weight excluding hydrogens is 278 g/mol. The number of aliphatic carboxylic acids is 1. The lowest BCUT2D eigenvalue weighted by Crippen LogP contribution is -2.47. The van der Waals surface area contributed by atoms with Crippen molar-refractivity contribution in [3.8, 4) is 0 Å². The molecule has 1 aliphatic rings. The zero-order chi connectivity index (χ0) is 15.4. The molecule has 2 rings (SSSR count). The van der Waals surface area contributed by atoms with Crippen LogP contribution in [-0.4, -0.2) is 46.5 Å². The average Bonchev–Trinajstić information content (AvgIpc) is 2.67. The quantitative estimate of drug-likeness (QED) is 0.621. The predicted molar refractivity (Wildman–Crippen MR) is 70.0 cm³/mol. The molecule has 110 valence electrons. The Morgan fingerprint density at radius 2 is 1.90 bits per heavy atom. The molecule has 1 unspecified atom stereocenters. The van der Waals surface area contributed by atoms with Crippen LogP contribution in [0.3, 0.4) is 0 Å². The number of carboxylic acids is 1. The van der Waals surface area contributed by atoms with Crippen LogP contribution in [0.4, 0.5) is 4.79 Å². The first-order valence-electron chi connectivity index (χ1n) is 6.14. The van der Waals surface area contributed by atoms with Gasteiger partial charge < -0.3 is 15.7 Å². The molecule has 4 amide bonds. The normalized spacial score (nSPS) is 17.5. The number of urea groups is 1. The predicted octanol–water partition coefficient (Wildman–Crippen LogP) is -0.692. The summed E-state index contributed by atoms with van der Waals surface area (Å²) in [5, 5.41) is 13.2. The molecule has 1 heterocycles. The molecule has 8 nitrogen and oxygen atoms in total. The summed E-state index contributed by atoms with van der Waals surface area (Å²) in [5.74, 6) is -2.55. The highest BCUT2D eigenvalue weighted by molar-refractivity contribution is 6.07. The number of rotatable bonds is 5. The lowest BCUT2D eigenvalue weighted by molar-refractivity contribution is -0.142. The fourth-order valence-corrected chi connectivity index (χ4v) is 1.90. The van der Waals surface area contributed by atoms with Gasteiger partial charge in [-0.25, -0.2) is 9.69 Å². The molecule has 1 aromatic rings. The molecule has 0 saturated carbocycles. The van der Waals surface area contributed by atoms with Crippen LogP contribution in [0.25, 0.3) is 0 Å². The summed E-state index contributed by atoms with van der Waals surface area (Å²) in [6, 6.07) is 8.04. The number of hydrogen-bond acceptors (Lipinski definition) is 4.